The van der Waals surface area contributed by atoms with Gasteiger partial charge in [-0.05, 0) is 78.4 Å². The Morgan fingerprint density at radius 3 is 2.35 bits per heavy atom. The van der Waals surface area contributed by atoms with Gasteiger partial charge in [0.05, 0.1) is 29.3 Å². The van der Waals surface area contributed by atoms with Crippen molar-refractivity contribution in [3.63, 3.8) is 0 Å². The van der Waals surface area contributed by atoms with Crippen LogP contribution < -0.4 is 0 Å². The number of nitriles is 2. The molecule has 34 heavy (non-hydrogen) atoms. The predicted octanol–water partition coefficient (Wildman–Crippen LogP) is 6.71. The molecule has 0 aromatic heterocycles. The van der Waals surface area contributed by atoms with Crippen molar-refractivity contribution in [3.05, 3.63) is 105 Å². The van der Waals surface area contributed by atoms with Crippen LogP contribution in [-0.4, -0.2) is 23.7 Å². The van der Waals surface area contributed by atoms with Crippen molar-refractivity contribution in [2.24, 2.45) is 5.92 Å². The summed E-state index contributed by atoms with van der Waals surface area (Å²) in [5.41, 5.74) is 2.39. The minimum Gasteiger partial charge on any atom is -0.292 e. The zero-order chi connectivity index (χ0) is 24.3. The van der Waals surface area contributed by atoms with Crippen LogP contribution in [0.3, 0.4) is 0 Å². The van der Waals surface area contributed by atoms with Crippen molar-refractivity contribution in [2.75, 3.05) is 13.1 Å². The number of likely N-dealkylation sites (tertiary alicyclic amines) is 1. The lowest BCUT2D eigenvalue weighted by molar-refractivity contribution is 0.0238. The van der Waals surface area contributed by atoms with Gasteiger partial charge in [0.1, 0.15) is 11.5 Å². The lowest BCUT2D eigenvalue weighted by atomic mass is 9.82. The summed E-state index contributed by atoms with van der Waals surface area (Å²) >= 11 is 3.28. The Labute approximate surface area is 207 Å². The van der Waals surface area contributed by atoms with E-state index in [0.717, 1.165) is 11.1 Å². The summed E-state index contributed by atoms with van der Waals surface area (Å²) in [5.74, 6) is -0.202. The normalized spacial score (nSPS) is 16.6. The summed E-state index contributed by atoms with van der Waals surface area (Å²) in [5, 5.41) is 18.5. The Balaban J connectivity index is 1.49. The highest BCUT2D eigenvalue weighted by molar-refractivity contribution is 9.10. The number of alkyl halides is 1. The Bertz CT molecular complexity index is 1230. The van der Waals surface area contributed by atoms with Crippen LogP contribution >= 0.6 is 15.9 Å². The van der Waals surface area contributed by atoms with Gasteiger partial charge in [-0.2, -0.15) is 10.5 Å². The fraction of sp³-hybridized carbons (Fsp3) is 0.286. The van der Waals surface area contributed by atoms with Gasteiger partial charge in [0.2, 0.25) is 0 Å². The zero-order valence-electron chi connectivity index (χ0n) is 18.8. The Hall–Kier alpha value is -3.06. The average molecular weight is 520 g/mol. The Morgan fingerprint density at radius 2 is 1.71 bits per heavy atom. The van der Waals surface area contributed by atoms with Gasteiger partial charge in [0.15, 0.2) is 0 Å². The van der Waals surface area contributed by atoms with E-state index in [-0.39, 0.29) is 24.2 Å². The van der Waals surface area contributed by atoms with Gasteiger partial charge in [-0.25, -0.2) is 8.78 Å². The molecule has 0 radical (unpaired) electrons. The van der Waals surface area contributed by atoms with Crippen LogP contribution in [0, 0.1) is 34.4 Å². The van der Waals surface area contributed by atoms with E-state index >= 15 is 4.39 Å². The van der Waals surface area contributed by atoms with Crippen molar-refractivity contribution >= 4 is 15.9 Å². The highest BCUT2D eigenvalue weighted by Gasteiger charge is 2.38. The SMILES string of the molecule is CC(F)(Cc1cc(F)cc(Br)c1)CC1CN(C(c2ccc(C#N)cc2)c2cccc(C#N)c2)C1. The summed E-state index contributed by atoms with van der Waals surface area (Å²) in [6.45, 7) is 3.02. The largest absolute Gasteiger partial charge is 0.292 e. The third-order valence-corrected chi connectivity index (χ3v) is 6.70. The van der Waals surface area contributed by atoms with Crippen LogP contribution in [0.15, 0.2) is 71.2 Å². The smallest absolute Gasteiger partial charge is 0.124 e. The topological polar surface area (TPSA) is 50.8 Å². The maximum Gasteiger partial charge on any atom is 0.124 e. The molecule has 0 N–H and O–H groups in total. The first kappa shape index (κ1) is 24.1. The molecule has 172 valence electrons. The van der Waals surface area contributed by atoms with E-state index in [2.05, 4.69) is 33.0 Å². The minimum atomic E-state index is -1.45. The second-order valence-electron chi connectivity index (χ2n) is 9.27. The molecule has 3 aromatic carbocycles. The lowest BCUT2D eigenvalue weighted by Crippen LogP contribution is -2.50. The maximum atomic E-state index is 15.4. The number of halogens is 3. The summed E-state index contributed by atoms with van der Waals surface area (Å²) in [4.78, 5) is 2.28. The second kappa shape index (κ2) is 10.1. The van der Waals surface area contributed by atoms with E-state index in [4.69, 9.17) is 5.26 Å². The molecule has 1 saturated heterocycles. The fourth-order valence-electron chi connectivity index (χ4n) is 4.89. The third kappa shape index (κ3) is 5.70. The molecule has 1 heterocycles. The first-order valence-electron chi connectivity index (χ1n) is 11.1. The van der Waals surface area contributed by atoms with Crippen LogP contribution in [0.1, 0.15) is 47.2 Å². The van der Waals surface area contributed by atoms with E-state index < -0.39 is 5.67 Å². The van der Waals surface area contributed by atoms with E-state index in [1.54, 1.807) is 31.2 Å². The van der Waals surface area contributed by atoms with Gasteiger partial charge in [0.25, 0.3) is 0 Å². The van der Waals surface area contributed by atoms with Gasteiger partial charge in [0, 0.05) is 24.0 Å². The van der Waals surface area contributed by atoms with Gasteiger partial charge >= 0.3 is 0 Å². The third-order valence-electron chi connectivity index (χ3n) is 6.25. The molecule has 0 spiro atoms. The first-order valence-corrected chi connectivity index (χ1v) is 11.9. The van der Waals surface area contributed by atoms with Crippen molar-refractivity contribution in [1.82, 2.24) is 4.90 Å². The van der Waals surface area contributed by atoms with Crippen LogP contribution in [-0.2, 0) is 6.42 Å². The molecule has 2 unspecified atom stereocenters. The highest BCUT2D eigenvalue weighted by Crippen LogP contribution is 2.38. The summed E-state index contributed by atoms with van der Waals surface area (Å²) in [7, 11) is 0. The van der Waals surface area contributed by atoms with Crippen molar-refractivity contribution in [3.8, 4) is 12.1 Å². The molecule has 4 rings (SSSR count). The summed E-state index contributed by atoms with van der Waals surface area (Å²) in [6, 6.07) is 23.8. The number of nitrogens with zero attached hydrogens (tertiary/aromatic N) is 3. The molecule has 0 amide bonds. The minimum absolute atomic E-state index is 0.0812. The second-order valence-corrected chi connectivity index (χ2v) is 10.2. The highest BCUT2D eigenvalue weighted by atomic mass is 79.9. The molecular formula is C28H24BrF2N3. The van der Waals surface area contributed by atoms with Gasteiger partial charge in [-0.15, -0.1) is 0 Å². The van der Waals surface area contributed by atoms with Gasteiger partial charge in [-0.3, -0.25) is 4.90 Å². The standard InChI is InChI=1S/C28H24BrF2N3/c1-28(31,13-21-10-25(29)12-26(30)11-21)14-22-17-34(18-22)27(23-7-5-19(15-32)6-8-23)24-4-2-3-20(9-24)16-33/h2-12,22,27H,13-14,17-18H2,1H3. The van der Waals surface area contributed by atoms with E-state index in [1.807, 2.05) is 30.3 Å². The van der Waals surface area contributed by atoms with E-state index in [9.17, 15) is 9.65 Å². The van der Waals surface area contributed by atoms with Crippen LogP contribution in [0.2, 0.25) is 0 Å². The van der Waals surface area contributed by atoms with Crippen LogP contribution in [0.4, 0.5) is 8.78 Å². The Kier molecular flexibility index (Phi) is 7.12. The molecule has 0 bridgehead atoms. The van der Waals surface area contributed by atoms with Crippen molar-refractivity contribution in [1.29, 1.82) is 10.5 Å². The molecule has 0 saturated carbocycles. The van der Waals surface area contributed by atoms with E-state index in [0.29, 0.717) is 40.7 Å². The lowest BCUT2D eigenvalue weighted by Gasteiger charge is -2.46. The maximum absolute atomic E-state index is 15.4. The van der Waals surface area contributed by atoms with Crippen LogP contribution in [0.5, 0.6) is 0 Å². The number of benzene rings is 3. The van der Waals surface area contributed by atoms with Gasteiger partial charge < -0.3 is 0 Å². The molecule has 1 aliphatic heterocycles. The van der Waals surface area contributed by atoms with E-state index in [1.165, 1.54) is 12.1 Å². The molecule has 1 aliphatic rings. The molecule has 1 fully saturated rings. The number of hydrogen-bond acceptors (Lipinski definition) is 3. The molecule has 0 aliphatic carbocycles. The number of hydrogen-bond donors (Lipinski definition) is 0. The Morgan fingerprint density at radius 1 is 1.00 bits per heavy atom. The fourth-order valence-corrected chi connectivity index (χ4v) is 5.41. The van der Waals surface area contributed by atoms with Gasteiger partial charge in [-0.1, -0.05) is 40.2 Å². The zero-order valence-corrected chi connectivity index (χ0v) is 20.4. The molecule has 3 nitrogen and oxygen atoms in total. The monoisotopic (exact) mass is 519 g/mol. The predicted molar refractivity (Wildman–Crippen MR) is 131 cm³/mol. The molecular weight excluding hydrogens is 496 g/mol. The molecule has 2 atom stereocenters. The van der Waals surface area contributed by atoms with Crippen LogP contribution in [0.25, 0.3) is 0 Å². The molecule has 6 heteroatoms. The quantitative estimate of drug-likeness (QED) is 0.348. The first-order chi connectivity index (χ1) is 16.3. The molecule has 3 aromatic rings. The van der Waals surface area contributed by atoms with Crippen molar-refractivity contribution in [2.45, 2.75) is 31.5 Å². The van der Waals surface area contributed by atoms with Crippen molar-refractivity contribution < 1.29 is 8.78 Å². The average Bonchev–Trinajstić information content (AvgIpc) is 2.77. The summed E-state index contributed by atoms with van der Waals surface area (Å²) < 4.78 is 29.8. The summed E-state index contributed by atoms with van der Waals surface area (Å²) in [6.07, 6.45) is 0.541. The number of rotatable bonds is 7.